The molecular formula is C14H15ClFNO. The molecule has 2 aromatic rings. The molecule has 2 rings (SSSR count). The number of benzene rings is 1. The lowest BCUT2D eigenvalue weighted by Crippen LogP contribution is -2.12. The van der Waals surface area contributed by atoms with Crippen LogP contribution in [0.4, 0.5) is 4.39 Å². The molecule has 0 bridgehead atoms. The molecule has 0 aliphatic carbocycles. The molecule has 0 radical (unpaired) electrons. The van der Waals surface area contributed by atoms with Crippen LogP contribution in [0.5, 0.6) is 0 Å². The van der Waals surface area contributed by atoms with Crippen LogP contribution in [0.25, 0.3) is 0 Å². The maximum atomic E-state index is 13.0. The number of hydrogen-bond donors (Lipinski definition) is 1. The number of hydrogen-bond acceptors (Lipinski definition) is 2. The summed E-state index contributed by atoms with van der Waals surface area (Å²) < 4.78 is 18.5. The van der Waals surface area contributed by atoms with Gasteiger partial charge in [-0.25, -0.2) is 4.39 Å². The molecule has 18 heavy (non-hydrogen) atoms. The van der Waals surface area contributed by atoms with Crippen molar-refractivity contribution in [3.63, 3.8) is 0 Å². The number of rotatable bonds is 5. The van der Waals surface area contributed by atoms with E-state index < -0.39 is 0 Å². The van der Waals surface area contributed by atoms with Crippen LogP contribution in [0, 0.1) is 5.82 Å². The maximum Gasteiger partial charge on any atom is 0.141 e. The van der Waals surface area contributed by atoms with Gasteiger partial charge in [0.05, 0.1) is 11.6 Å². The van der Waals surface area contributed by atoms with Crippen LogP contribution in [-0.2, 0) is 19.5 Å². The summed E-state index contributed by atoms with van der Waals surface area (Å²) in [6.45, 7) is 3.33. The summed E-state index contributed by atoms with van der Waals surface area (Å²) in [6.07, 6.45) is 0.896. The summed E-state index contributed by atoms with van der Waals surface area (Å²) in [5.74, 6) is 1.50. The van der Waals surface area contributed by atoms with Crippen molar-refractivity contribution in [3.8, 4) is 0 Å². The lowest BCUT2D eigenvalue weighted by atomic mass is 10.2. The summed E-state index contributed by atoms with van der Waals surface area (Å²) in [4.78, 5) is 0. The zero-order valence-electron chi connectivity index (χ0n) is 10.2. The standard InChI is InChI=1S/C14H15ClFNO/c1-2-11-4-5-12(18-11)9-17-8-10-3-6-14(16)13(15)7-10/h3-7,17H,2,8-9H2,1H3. The molecule has 1 N–H and O–H groups in total. The van der Waals surface area contributed by atoms with E-state index in [1.54, 1.807) is 12.1 Å². The smallest absolute Gasteiger partial charge is 0.141 e. The predicted molar refractivity (Wildman–Crippen MR) is 70.0 cm³/mol. The normalized spacial score (nSPS) is 10.8. The maximum absolute atomic E-state index is 13.0. The Morgan fingerprint density at radius 3 is 2.61 bits per heavy atom. The van der Waals surface area contributed by atoms with E-state index in [-0.39, 0.29) is 10.8 Å². The van der Waals surface area contributed by atoms with Crippen LogP contribution in [0.1, 0.15) is 24.0 Å². The van der Waals surface area contributed by atoms with Crippen molar-refractivity contribution in [2.75, 3.05) is 0 Å². The number of nitrogens with one attached hydrogen (secondary N) is 1. The van der Waals surface area contributed by atoms with Gasteiger partial charge in [0.2, 0.25) is 0 Å². The molecule has 1 aromatic carbocycles. The van der Waals surface area contributed by atoms with Gasteiger partial charge in [-0.3, -0.25) is 0 Å². The lowest BCUT2D eigenvalue weighted by molar-refractivity contribution is 0.450. The Bertz CT molecular complexity index is 524. The molecule has 0 aliphatic heterocycles. The quantitative estimate of drug-likeness (QED) is 0.888. The molecule has 0 unspecified atom stereocenters. The molecular weight excluding hydrogens is 253 g/mol. The van der Waals surface area contributed by atoms with Crippen LogP contribution < -0.4 is 5.32 Å². The van der Waals surface area contributed by atoms with Gasteiger partial charge in [0, 0.05) is 13.0 Å². The van der Waals surface area contributed by atoms with Gasteiger partial charge in [0.15, 0.2) is 0 Å². The summed E-state index contributed by atoms with van der Waals surface area (Å²) in [5, 5.41) is 3.38. The molecule has 1 aromatic heterocycles. The topological polar surface area (TPSA) is 25.2 Å². The third-order valence-corrected chi connectivity index (χ3v) is 2.97. The lowest BCUT2D eigenvalue weighted by Gasteiger charge is -2.04. The average molecular weight is 268 g/mol. The highest BCUT2D eigenvalue weighted by molar-refractivity contribution is 6.30. The zero-order valence-corrected chi connectivity index (χ0v) is 10.9. The summed E-state index contributed by atoms with van der Waals surface area (Å²) >= 11 is 5.71. The molecule has 0 atom stereocenters. The monoisotopic (exact) mass is 267 g/mol. The SMILES string of the molecule is CCc1ccc(CNCc2ccc(F)c(Cl)c2)o1. The Morgan fingerprint density at radius 1 is 1.17 bits per heavy atom. The summed E-state index contributed by atoms with van der Waals surface area (Å²) in [5.41, 5.74) is 0.948. The average Bonchev–Trinajstić information content (AvgIpc) is 2.82. The van der Waals surface area contributed by atoms with Crippen LogP contribution in [0.15, 0.2) is 34.7 Å². The van der Waals surface area contributed by atoms with Crippen molar-refractivity contribution in [1.82, 2.24) is 5.32 Å². The van der Waals surface area contributed by atoms with Gasteiger partial charge in [-0.1, -0.05) is 24.6 Å². The Kier molecular flexibility index (Phi) is 4.39. The Labute approximate surface area is 111 Å². The van der Waals surface area contributed by atoms with E-state index in [4.69, 9.17) is 16.0 Å². The fourth-order valence-corrected chi connectivity index (χ4v) is 1.89. The molecule has 0 amide bonds. The third-order valence-electron chi connectivity index (χ3n) is 2.68. The predicted octanol–water partition coefficient (Wildman–Crippen LogP) is 3.92. The molecule has 0 saturated heterocycles. The number of halogens is 2. The molecule has 1 heterocycles. The van der Waals surface area contributed by atoms with Gasteiger partial charge in [-0.2, -0.15) is 0 Å². The second kappa shape index (κ2) is 6.03. The van der Waals surface area contributed by atoms with E-state index in [0.717, 1.165) is 23.5 Å². The van der Waals surface area contributed by atoms with Gasteiger partial charge in [0.25, 0.3) is 0 Å². The first-order chi connectivity index (χ1) is 8.69. The molecule has 2 nitrogen and oxygen atoms in total. The molecule has 0 spiro atoms. The Morgan fingerprint density at radius 2 is 1.94 bits per heavy atom. The third kappa shape index (κ3) is 3.34. The molecule has 4 heteroatoms. The van der Waals surface area contributed by atoms with Gasteiger partial charge in [0.1, 0.15) is 17.3 Å². The van der Waals surface area contributed by atoms with Crippen molar-refractivity contribution < 1.29 is 8.81 Å². The van der Waals surface area contributed by atoms with Crippen molar-refractivity contribution in [2.45, 2.75) is 26.4 Å². The van der Waals surface area contributed by atoms with Gasteiger partial charge >= 0.3 is 0 Å². The Hall–Kier alpha value is -1.32. The summed E-state index contributed by atoms with van der Waals surface area (Å²) in [7, 11) is 0. The fourth-order valence-electron chi connectivity index (χ4n) is 1.69. The number of furan rings is 1. The van der Waals surface area contributed by atoms with Crippen molar-refractivity contribution in [1.29, 1.82) is 0 Å². The molecule has 0 aliphatic rings. The van der Waals surface area contributed by atoms with Gasteiger partial charge < -0.3 is 9.73 Å². The summed E-state index contributed by atoms with van der Waals surface area (Å²) in [6, 6.07) is 8.66. The van der Waals surface area contributed by atoms with E-state index in [1.807, 2.05) is 12.1 Å². The van der Waals surface area contributed by atoms with E-state index in [2.05, 4.69) is 12.2 Å². The van der Waals surface area contributed by atoms with Crippen LogP contribution >= 0.6 is 11.6 Å². The fraction of sp³-hybridized carbons (Fsp3) is 0.286. The van der Waals surface area contributed by atoms with Crippen LogP contribution in [0.2, 0.25) is 5.02 Å². The van der Waals surface area contributed by atoms with Crippen molar-refractivity contribution >= 4 is 11.6 Å². The van der Waals surface area contributed by atoms with Crippen LogP contribution in [-0.4, -0.2) is 0 Å². The second-order valence-electron chi connectivity index (χ2n) is 4.07. The number of aryl methyl sites for hydroxylation is 1. The molecule has 0 fully saturated rings. The molecule has 96 valence electrons. The second-order valence-corrected chi connectivity index (χ2v) is 4.48. The van der Waals surface area contributed by atoms with E-state index in [1.165, 1.54) is 6.07 Å². The first-order valence-electron chi connectivity index (χ1n) is 5.91. The van der Waals surface area contributed by atoms with Crippen molar-refractivity contribution in [3.05, 3.63) is 58.3 Å². The van der Waals surface area contributed by atoms with Crippen LogP contribution in [0.3, 0.4) is 0 Å². The van der Waals surface area contributed by atoms with E-state index in [9.17, 15) is 4.39 Å². The van der Waals surface area contributed by atoms with E-state index >= 15 is 0 Å². The molecule has 0 saturated carbocycles. The highest BCUT2D eigenvalue weighted by Gasteiger charge is 2.02. The van der Waals surface area contributed by atoms with E-state index in [0.29, 0.717) is 13.1 Å². The largest absolute Gasteiger partial charge is 0.465 e. The highest BCUT2D eigenvalue weighted by Crippen LogP contribution is 2.16. The van der Waals surface area contributed by atoms with Crippen molar-refractivity contribution in [2.24, 2.45) is 0 Å². The first kappa shape index (κ1) is 13.1. The minimum Gasteiger partial charge on any atom is -0.465 e. The van der Waals surface area contributed by atoms with Gasteiger partial charge in [-0.15, -0.1) is 0 Å². The zero-order chi connectivity index (χ0) is 13.0. The minimum atomic E-state index is -0.390. The first-order valence-corrected chi connectivity index (χ1v) is 6.29. The van der Waals surface area contributed by atoms with Gasteiger partial charge in [-0.05, 0) is 29.8 Å². The Balaban J connectivity index is 1.86. The highest BCUT2D eigenvalue weighted by atomic mass is 35.5. The minimum absolute atomic E-state index is 0.153.